The summed E-state index contributed by atoms with van der Waals surface area (Å²) in [6, 6.07) is 6.57. The summed E-state index contributed by atoms with van der Waals surface area (Å²) >= 11 is 0. The maximum atomic E-state index is 12.9. The van der Waals surface area contributed by atoms with E-state index in [4.69, 9.17) is 4.74 Å². The van der Waals surface area contributed by atoms with Crippen LogP contribution in [-0.4, -0.2) is 28.8 Å². The van der Waals surface area contributed by atoms with E-state index in [9.17, 15) is 14.4 Å². The van der Waals surface area contributed by atoms with Crippen molar-refractivity contribution in [2.75, 3.05) is 4.90 Å². The highest BCUT2D eigenvalue weighted by Crippen LogP contribution is 2.57. The van der Waals surface area contributed by atoms with Crippen molar-refractivity contribution >= 4 is 23.3 Å². The third-order valence-electron chi connectivity index (χ3n) is 5.26. The Morgan fingerprint density at radius 2 is 1.48 bits per heavy atom. The molecule has 0 aromatic heterocycles. The molecule has 5 heteroatoms. The Balaban J connectivity index is 1.75. The zero-order valence-corrected chi connectivity index (χ0v) is 13.2. The predicted octanol–water partition coefficient (Wildman–Crippen LogP) is 2.11. The second-order valence-corrected chi connectivity index (χ2v) is 6.87. The summed E-state index contributed by atoms with van der Waals surface area (Å²) in [6.07, 6.45) is 3.78. The van der Waals surface area contributed by atoms with Crippen LogP contribution in [0.25, 0.3) is 0 Å². The van der Waals surface area contributed by atoms with Crippen LogP contribution in [0.4, 0.5) is 5.69 Å². The standard InChI is InChI=1S/C18H17NO4/c1-10(20)11-4-6-12(7-5-11)19-15(21)13-14(16(19)22)18(3)9-8-17(13,2)23-18/h4-9,13-14H,1-3H3/t13-,14-,17-,18-/m1/s1. The van der Waals surface area contributed by atoms with Gasteiger partial charge in [0.2, 0.25) is 11.8 Å². The smallest absolute Gasteiger partial charge is 0.241 e. The number of hydrogen-bond acceptors (Lipinski definition) is 4. The molecule has 118 valence electrons. The van der Waals surface area contributed by atoms with E-state index in [-0.39, 0.29) is 17.6 Å². The van der Waals surface area contributed by atoms with E-state index in [0.29, 0.717) is 11.3 Å². The molecular formula is C18H17NO4. The number of benzene rings is 1. The molecule has 23 heavy (non-hydrogen) atoms. The van der Waals surface area contributed by atoms with E-state index in [1.54, 1.807) is 24.3 Å². The summed E-state index contributed by atoms with van der Waals surface area (Å²) in [5, 5.41) is 0. The highest BCUT2D eigenvalue weighted by atomic mass is 16.5. The first-order valence-electron chi connectivity index (χ1n) is 7.66. The van der Waals surface area contributed by atoms with Gasteiger partial charge in [0.15, 0.2) is 5.78 Å². The summed E-state index contributed by atoms with van der Waals surface area (Å²) in [5.74, 6) is -1.49. The molecule has 2 saturated heterocycles. The molecular weight excluding hydrogens is 294 g/mol. The first kappa shape index (κ1) is 14.3. The van der Waals surface area contributed by atoms with Gasteiger partial charge in [0, 0.05) is 5.56 Å². The highest BCUT2D eigenvalue weighted by Gasteiger charge is 2.70. The van der Waals surface area contributed by atoms with Gasteiger partial charge in [-0.1, -0.05) is 12.2 Å². The molecule has 0 N–H and O–H groups in total. The third-order valence-corrected chi connectivity index (χ3v) is 5.26. The number of anilines is 1. The van der Waals surface area contributed by atoms with Gasteiger partial charge in [-0.2, -0.15) is 0 Å². The van der Waals surface area contributed by atoms with Gasteiger partial charge in [0.05, 0.1) is 28.7 Å². The average molecular weight is 311 g/mol. The second-order valence-electron chi connectivity index (χ2n) is 6.87. The molecule has 0 saturated carbocycles. The minimum Gasteiger partial charge on any atom is -0.359 e. The number of imide groups is 1. The van der Waals surface area contributed by atoms with Gasteiger partial charge in [-0.25, -0.2) is 4.90 Å². The Hall–Kier alpha value is -2.27. The summed E-state index contributed by atoms with van der Waals surface area (Å²) < 4.78 is 5.97. The average Bonchev–Trinajstić information content (AvgIpc) is 3.04. The van der Waals surface area contributed by atoms with Crippen LogP contribution in [0, 0.1) is 11.8 Å². The number of ketones is 1. The Morgan fingerprint density at radius 3 is 1.91 bits per heavy atom. The first-order chi connectivity index (χ1) is 10.8. The van der Waals surface area contributed by atoms with Crippen LogP contribution in [0.3, 0.4) is 0 Å². The third kappa shape index (κ3) is 1.68. The Labute approximate surface area is 133 Å². The van der Waals surface area contributed by atoms with Crippen LogP contribution >= 0.6 is 0 Å². The number of carbonyl (C=O) groups excluding carboxylic acids is 3. The van der Waals surface area contributed by atoms with Crippen LogP contribution in [-0.2, 0) is 14.3 Å². The second kappa shape index (κ2) is 4.17. The predicted molar refractivity (Wildman–Crippen MR) is 83.0 cm³/mol. The van der Waals surface area contributed by atoms with E-state index in [1.807, 2.05) is 26.0 Å². The van der Waals surface area contributed by atoms with E-state index in [0.717, 1.165) is 0 Å². The van der Waals surface area contributed by atoms with Crippen LogP contribution in [0.1, 0.15) is 31.1 Å². The fraction of sp³-hybridized carbons (Fsp3) is 0.389. The molecule has 2 fully saturated rings. The summed E-state index contributed by atoms with van der Waals surface area (Å²) in [6.45, 7) is 5.19. The fourth-order valence-corrected chi connectivity index (χ4v) is 4.13. The number of rotatable bonds is 2. The quantitative estimate of drug-likeness (QED) is 0.477. The Kier molecular flexibility index (Phi) is 2.60. The minimum absolute atomic E-state index is 0.0526. The zero-order valence-electron chi connectivity index (χ0n) is 13.2. The van der Waals surface area contributed by atoms with Crippen molar-refractivity contribution < 1.29 is 19.1 Å². The number of fused-ring (bicyclic) bond motifs is 5. The van der Waals surface area contributed by atoms with Crippen LogP contribution in [0.15, 0.2) is 36.4 Å². The van der Waals surface area contributed by atoms with Crippen molar-refractivity contribution in [3.05, 3.63) is 42.0 Å². The molecule has 3 heterocycles. The van der Waals surface area contributed by atoms with Crippen molar-refractivity contribution in [3.8, 4) is 0 Å². The lowest BCUT2D eigenvalue weighted by molar-refractivity contribution is -0.128. The van der Waals surface area contributed by atoms with E-state index < -0.39 is 23.0 Å². The normalized spacial score (nSPS) is 37.6. The fourth-order valence-electron chi connectivity index (χ4n) is 4.13. The number of nitrogens with zero attached hydrogens (tertiary/aromatic N) is 1. The zero-order chi connectivity index (χ0) is 16.6. The van der Waals surface area contributed by atoms with Crippen molar-refractivity contribution in [1.82, 2.24) is 0 Å². The molecule has 0 radical (unpaired) electrons. The molecule has 5 nitrogen and oxygen atoms in total. The van der Waals surface area contributed by atoms with Crippen molar-refractivity contribution in [3.63, 3.8) is 0 Å². The summed E-state index contributed by atoms with van der Waals surface area (Å²) in [5.41, 5.74) is -0.386. The monoisotopic (exact) mass is 311 g/mol. The first-order valence-corrected chi connectivity index (χ1v) is 7.66. The van der Waals surface area contributed by atoms with Gasteiger partial charge >= 0.3 is 0 Å². The molecule has 1 aromatic rings. The summed E-state index contributed by atoms with van der Waals surface area (Å²) in [7, 11) is 0. The van der Waals surface area contributed by atoms with Gasteiger partial charge in [0.1, 0.15) is 0 Å². The van der Waals surface area contributed by atoms with Gasteiger partial charge in [-0.05, 0) is 45.0 Å². The maximum absolute atomic E-state index is 12.9. The van der Waals surface area contributed by atoms with Crippen LogP contribution < -0.4 is 4.90 Å². The van der Waals surface area contributed by atoms with E-state index in [1.165, 1.54) is 11.8 Å². The van der Waals surface area contributed by atoms with Crippen molar-refractivity contribution in [2.45, 2.75) is 32.0 Å². The van der Waals surface area contributed by atoms with E-state index >= 15 is 0 Å². The molecule has 0 aliphatic carbocycles. The lowest BCUT2D eigenvalue weighted by Gasteiger charge is -2.25. The molecule has 2 amide bonds. The summed E-state index contributed by atoms with van der Waals surface area (Å²) in [4.78, 5) is 38.4. The van der Waals surface area contributed by atoms with Crippen molar-refractivity contribution in [1.29, 1.82) is 0 Å². The lowest BCUT2D eigenvalue weighted by atomic mass is 9.73. The number of amides is 2. The molecule has 0 spiro atoms. The van der Waals surface area contributed by atoms with Gasteiger partial charge < -0.3 is 4.74 Å². The molecule has 3 aliphatic rings. The van der Waals surface area contributed by atoms with Gasteiger partial charge in [-0.3, -0.25) is 14.4 Å². The number of carbonyl (C=O) groups is 3. The molecule has 2 bridgehead atoms. The molecule has 4 atom stereocenters. The molecule has 0 unspecified atom stereocenters. The Bertz CT molecular complexity index is 745. The number of Topliss-reactive ketones (excluding diaryl/α,β-unsaturated/α-hetero) is 1. The molecule has 3 aliphatic heterocycles. The SMILES string of the molecule is CC(=O)c1ccc(N2C(=O)[C@H]3[C@H](C2=O)[C@@]2(C)C=C[C@@]3(C)O2)cc1. The topological polar surface area (TPSA) is 63.7 Å². The molecule has 4 rings (SSSR count). The van der Waals surface area contributed by atoms with E-state index in [2.05, 4.69) is 0 Å². The highest BCUT2D eigenvalue weighted by molar-refractivity contribution is 6.23. The lowest BCUT2D eigenvalue weighted by Crippen LogP contribution is -2.39. The Morgan fingerprint density at radius 1 is 1.00 bits per heavy atom. The number of ether oxygens (including phenoxy) is 1. The van der Waals surface area contributed by atoms with Crippen molar-refractivity contribution in [2.24, 2.45) is 11.8 Å². The van der Waals surface area contributed by atoms with Crippen LogP contribution in [0.5, 0.6) is 0 Å². The number of hydrogen-bond donors (Lipinski definition) is 0. The largest absolute Gasteiger partial charge is 0.359 e. The maximum Gasteiger partial charge on any atom is 0.241 e. The van der Waals surface area contributed by atoms with Gasteiger partial charge in [-0.15, -0.1) is 0 Å². The molecule has 1 aromatic carbocycles. The van der Waals surface area contributed by atoms with Crippen LogP contribution in [0.2, 0.25) is 0 Å². The van der Waals surface area contributed by atoms with Gasteiger partial charge in [0.25, 0.3) is 0 Å². The minimum atomic E-state index is -0.722.